The molecule has 3 rings (SSSR count). The smallest absolute Gasteiger partial charge is 0.0741 e. The molecule has 3 nitrogen and oxygen atoms in total. The Bertz CT molecular complexity index is 715. The first-order valence-electron chi connectivity index (χ1n) is 7.06. The Morgan fingerprint density at radius 2 is 1.85 bits per heavy atom. The van der Waals surface area contributed by atoms with Gasteiger partial charge in [0.05, 0.1) is 17.4 Å². The summed E-state index contributed by atoms with van der Waals surface area (Å²) >= 11 is 0. The van der Waals surface area contributed by atoms with Crippen LogP contribution in [0.2, 0.25) is 0 Å². The fourth-order valence-corrected chi connectivity index (χ4v) is 2.48. The average molecular weight is 265 g/mol. The van der Waals surface area contributed by atoms with Crippen LogP contribution in [-0.4, -0.2) is 15.8 Å². The molecule has 0 aliphatic carbocycles. The number of aromatic nitrogens is 2. The van der Waals surface area contributed by atoms with Gasteiger partial charge in [-0.1, -0.05) is 43.3 Å². The first kappa shape index (κ1) is 12.9. The topological polar surface area (TPSA) is 43.8 Å². The van der Waals surface area contributed by atoms with Gasteiger partial charge in [0.15, 0.2) is 0 Å². The maximum absolute atomic E-state index is 6.11. The maximum Gasteiger partial charge on any atom is 0.0741 e. The van der Waals surface area contributed by atoms with E-state index < -0.39 is 0 Å². The minimum absolute atomic E-state index is 0.193. The van der Waals surface area contributed by atoms with Gasteiger partial charge in [-0.3, -0.25) is 0 Å². The van der Waals surface area contributed by atoms with E-state index in [0.717, 1.165) is 29.4 Å². The molecule has 102 valence electrons. The summed E-state index contributed by atoms with van der Waals surface area (Å²) in [6.45, 7) is 2.12. The Morgan fingerprint density at radius 1 is 1.10 bits per heavy atom. The highest BCUT2D eigenvalue weighted by Gasteiger charge is 2.10. The largest absolute Gasteiger partial charge is 0.327 e. The molecule has 1 atom stereocenters. The second kappa shape index (κ2) is 5.47. The number of fused-ring (bicyclic) bond motifs is 1. The lowest BCUT2D eigenvalue weighted by Crippen LogP contribution is -2.22. The van der Waals surface area contributed by atoms with Gasteiger partial charge in [-0.25, -0.2) is 4.68 Å². The van der Waals surface area contributed by atoms with Crippen molar-refractivity contribution in [2.45, 2.75) is 25.8 Å². The Balaban J connectivity index is 2.10. The van der Waals surface area contributed by atoms with Crippen LogP contribution in [0, 0.1) is 0 Å². The predicted molar refractivity (Wildman–Crippen MR) is 83.0 cm³/mol. The Morgan fingerprint density at radius 3 is 2.70 bits per heavy atom. The lowest BCUT2D eigenvalue weighted by molar-refractivity contribution is 0.643. The highest BCUT2D eigenvalue weighted by atomic mass is 15.3. The van der Waals surface area contributed by atoms with Crippen molar-refractivity contribution in [3.05, 3.63) is 60.3 Å². The second-order valence-electron chi connectivity index (χ2n) is 5.12. The Hall–Kier alpha value is -2.13. The molecule has 0 aliphatic heterocycles. The highest BCUT2D eigenvalue weighted by Crippen LogP contribution is 2.21. The molecule has 0 saturated heterocycles. The molecular weight excluding hydrogens is 246 g/mol. The van der Waals surface area contributed by atoms with Gasteiger partial charge in [0, 0.05) is 11.4 Å². The van der Waals surface area contributed by atoms with E-state index in [-0.39, 0.29) is 6.04 Å². The predicted octanol–water partition coefficient (Wildman–Crippen LogP) is 3.31. The Labute approximate surface area is 119 Å². The summed E-state index contributed by atoms with van der Waals surface area (Å²) < 4.78 is 2.01. The van der Waals surface area contributed by atoms with Crippen LogP contribution in [0.1, 0.15) is 18.9 Å². The van der Waals surface area contributed by atoms with Crippen molar-refractivity contribution in [1.82, 2.24) is 9.78 Å². The lowest BCUT2D eigenvalue weighted by atomic mass is 10.0. The number of nitrogens with zero attached hydrogens (tertiary/aromatic N) is 2. The van der Waals surface area contributed by atoms with Crippen LogP contribution in [-0.2, 0) is 6.42 Å². The quantitative estimate of drug-likeness (QED) is 0.786. The summed E-state index contributed by atoms with van der Waals surface area (Å²) in [4.78, 5) is 0. The molecule has 2 aromatic carbocycles. The molecule has 1 unspecified atom stereocenters. The van der Waals surface area contributed by atoms with Crippen LogP contribution in [0.3, 0.4) is 0 Å². The van der Waals surface area contributed by atoms with Crippen LogP contribution in [0.4, 0.5) is 0 Å². The molecule has 20 heavy (non-hydrogen) atoms. The van der Waals surface area contributed by atoms with Crippen molar-refractivity contribution in [2.75, 3.05) is 0 Å². The molecule has 0 bridgehead atoms. The lowest BCUT2D eigenvalue weighted by Gasteiger charge is -2.14. The molecular formula is C17H19N3. The molecule has 0 saturated carbocycles. The average Bonchev–Trinajstić information content (AvgIpc) is 2.91. The summed E-state index contributed by atoms with van der Waals surface area (Å²) in [6, 6.07) is 16.8. The van der Waals surface area contributed by atoms with E-state index >= 15 is 0 Å². The van der Waals surface area contributed by atoms with Crippen molar-refractivity contribution in [2.24, 2.45) is 5.73 Å². The molecule has 1 aromatic heterocycles. The van der Waals surface area contributed by atoms with E-state index in [2.05, 4.69) is 42.4 Å². The van der Waals surface area contributed by atoms with Crippen LogP contribution in [0.5, 0.6) is 0 Å². The molecule has 0 amide bonds. The number of para-hydroxylation sites is 2. The molecule has 0 spiro atoms. The summed E-state index contributed by atoms with van der Waals surface area (Å²) in [5.74, 6) is 0. The van der Waals surface area contributed by atoms with E-state index in [1.165, 1.54) is 5.56 Å². The van der Waals surface area contributed by atoms with Gasteiger partial charge in [0.1, 0.15) is 0 Å². The highest BCUT2D eigenvalue weighted by molar-refractivity contribution is 5.80. The van der Waals surface area contributed by atoms with Gasteiger partial charge in [0.25, 0.3) is 0 Å². The minimum Gasteiger partial charge on any atom is -0.327 e. The van der Waals surface area contributed by atoms with Crippen LogP contribution in [0.15, 0.2) is 54.7 Å². The molecule has 0 fully saturated rings. The van der Waals surface area contributed by atoms with Crippen LogP contribution in [0.25, 0.3) is 16.6 Å². The van der Waals surface area contributed by atoms with Gasteiger partial charge >= 0.3 is 0 Å². The number of benzene rings is 2. The Kier molecular flexibility index (Phi) is 3.52. The fraction of sp³-hybridized carbons (Fsp3) is 0.235. The van der Waals surface area contributed by atoms with Crippen molar-refractivity contribution < 1.29 is 0 Å². The van der Waals surface area contributed by atoms with E-state index in [1.54, 1.807) is 0 Å². The third-order valence-electron chi connectivity index (χ3n) is 3.70. The van der Waals surface area contributed by atoms with E-state index in [9.17, 15) is 0 Å². The SMILES string of the molecule is CCC(N)Cc1ccccc1-n1ncc2ccccc21. The number of rotatable bonds is 4. The monoisotopic (exact) mass is 265 g/mol. The third kappa shape index (κ3) is 2.32. The zero-order valence-corrected chi connectivity index (χ0v) is 11.7. The van der Waals surface area contributed by atoms with E-state index in [0.29, 0.717) is 0 Å². The summed E-state index contributed by atoms with van der Waals surface area (Å²) in [6.07, 6.45) is 3.76. The molecule has 2 N–H and O–H groups in total. The first-order valence-corrected chi connectivity index (χ1v) is 7.06. The molecule has 1 heterocycles. The van der Waals surface area contributed by atoms with Crippen LogP contribution < -0.4 is 5.73 Å². The van der Waals surface area contributed by atoms with Crippen molar-refractivity contribution in [3.63, 3.8) is 0 Å². The van der Waals surface area contributed by atoms with Crippen molar-refractivity contribution in [1.29, 1.82) is 0 Å². The fourth-order valence-electron chi connectivity index (χ4n) is 2.48. The number of hydrogen-bond acceptors (Lipinski definition) is 2. The van der Waals surface area contributed by atoms with Gasteiger partial charge in [-0.15, -0.1) is 0 Å². The maximum atomic E-state index is 6.11. The molecule has 0 aliphatic rings. The third-order valence-corrected chi connectivity index (χ3v) is 3.70. The zero-order valence-electron chi connectivity index (χ0n) is 11.7. The number of hydrogen-bond donors (Lipinski definition) is 1. The van der Waals surface area contributed by atoms with Gasteiger partial charge in [-0.2, -0.15) is 5.10 Å². The van der Waals surface area contributed by atoms with Crippen molar-refractivity contribution in [3.8, 4) is 5.69 Å². The summed E-state index contributed by atoms with van der Waals surface area (Å²) in [5.41, 5.74) is 9.61. The molecule has 3 heteroatoms. The number of nitrogens with two attached hydrogens (primary N) is 1. The zero-order chi connectivity index (χ0) is 13.9. The second-order valence-corrected chi connectivity index (χ2v) is 5.12. The van der Waals surface area contributed by atoms with Crippen LogP contribution >= 0.6 is 0 Å². The van der Waals surface area contributed by atoms with E-state index in [4.69, 9.17) is 5.73 Å². The van der Waals surface area contributed by atoms with Gasteiger partial charge in [0.2, 0.25) is 0 Å². The first-order chi connectivity index (χ1) is 9.79. The molecule has 3 aromatic rings. The van der Waals surface area contributed by atoms with Crippen molar-refractivity contribution >= 4 is 10.9 Å². The summed E-state index contributed by atoms with van der Waals surface area (Å²) in [7, 11) is 0. The molecule has 0 radical (unpaired) electrons. The summed E-state index contributed by atoms with van der Waals surface area (Å²) in [5, 5.41) is 5.69. The normalized spacial score (nSPS) is 12.7. The van der Waals surface area contributed by atoms with Gasteiger partial charge < -0.3 is 5.73 Å². The van der Waals surface area contributed by atoms with Gasteiger partial charge in [-0.05, 0) is 30.5 Å². The van der Waals surface area contributed by atoms with E-state index in [1.807, 2.05) is 29.1 Å². The minimum atomic E-state index is 0.193. The standard InChI is InChI=1S/C17H19N3/c1-2-15(18)11-13-7-3-5-9-16(13)20-17-10-6-4-8-14(17)12-19-20/h3-10,12,15H,2,11,18H2,1H3.